The maximum atomic E-state index is 12.4. The van der Waals surface area contributed by atoms with E-state index in [1.807, 2.05) is 6.92 Å². The van der Waals surface area contributed by atoms with E-state index in [4.69, 9.17) is 0 Å². The molecule has 2 fully saturated rings. The van der Waals surface area contributed by atoms with Gasteiger partial charge in [-0.15, -0.1) is 0 Å². The summed E-state index contributed by atoms with van der Waals surface area (Å²) in [6, 6.07) is 0. The van der Waals surface area contributed by atoms with Crippen LogP contribution in [0.4, 0.5) is 0 Å². The molecule has 0 amide bonds. The first-order chi connectivity index (χ1) is 9.86. The van der Waals surface area contributed by atoms with E-state index >= 15 is 0 Å². The summed E-state index contributed by atoms with van der Waals surface area (Å²) in [6.45, 7) is 1.84. The molecule has 0 aromatic rings. The summed E-state index contributed by atoms with van der Waals surface area (Å²) in [7, 11) is -3.55. The van der Waals surface area contributed by atoms with Crippen molar-refractivity contribution >= 4 is 16.0 Å². The fraction of sp³-hybridized carbons (Fsp3) is 0.933. The van der Waals surface area contributed by atoms with E-state index in [-0.39, 0.29) is 17.6 Å². The second-order valence-electron chi connectivity index (χ2n) is 6.81. The van der Waals surface area contributed by atoms with Gasteiger partial charge in [-0.3, -0.25) is 4.79 Å². The van der Waals surface area contributed by atoms with Crippen LogP contribution in [0.2, 0.25) is 0 Å². The Morgan fingerprint density at radius 3 is 2.33 bits per heavy atom. The van der Waals surface area contributed by atoms with Crippen LogP contribution in [0.25, 0.3) is 0 Å². The number of hydrogen-bond acceptors (Lipinski definition) is 3. The van der Waals surface area contributed by atoms with Crippen molar-refractivity contribution in [2.45, 2.75) is 70.3 Å². The Kier molecular flexibility index (Phi) is 5.30. The van der Waals surface area contributed by atoms with Crippen LogP contribution in [0.3, 0.4) is 0 Å². The van der Waals surface area contributed by atoms with Gasteiger partial charge in [0.05, 0.1) is 5.75 Å². The number of rotatable bonds is 5. The summed E-state index contributed by atoms with van der Waals surface area (Å²) in [4.78, 5) is 11.7. The third kappa shape index (κ3) is 3.97. The highest BCUT2D eigenvalue weighted by molar-refractivity contribution is 7.89. The fourth-order valence-corrected chi connectivity index (χ4v) is 5.83. The smallest absolute Gasteiger partial charge is 0.325 e. The topological polar surface area (TPSA) is 83.5 Å². The van der Waals surface area contributed by atoms with Gasteiger partial charge in [0.1, 0.15) is 5.54 Å². The van der Waals surface area contributed by atoms with Gasteiger partial charge in [-0.1, -0.05) is 39.0 Å². The maximum absolute atomic E-state index is 12.4. The van der Waals surface area contributed by atoms with Crippen molar-refractivity contribution in [2.75, 3.05) is 5.75 Å². The summed E-state index contributed by atoms with van der Waals surface area (Å²) in [5.74, 6) is -0.929. The monoisotopic (exact) mass is 317 g/mol. The molecule has 0 aliphatic heterocycles. The lowest BCUT2D eigenvalue weighted by atomic mass is 9.74. The van der Waals surface area contributed by atoms with Crippen molar-refractivity contribution in [2.24, 2.45) is 11.8 Å². The summed E-state index contributed by atoms with van der Waals surface area (Å²) >= 11 is 0. The average molecular weight is 317 g/mol. The largest absolute Gasteiger partial charge is 0.480 e. The van der Waals surface area contributed by atoms with E-state index in [1.165, 1.54) is 6.42 Å². The van der Waals surface area contributed by atoms with Gasteiger partial charge in [0.2, 0.25) is 10.0 Å². The SMILES string of the molecule is CC1CCCCC1(NS(=O)(=O)CC1CCCCC1)C(=O)O. The average Bonchev–Trinajstić information content (AvgIpc) is 2.41. The molecule has 2 aliphatic carbocycles. The van der Waals surface area contributed by atoms with Crippen LogP contribution in [0.15, 0.2) is 0 Å². The lowest BCUT2D eigenvalue weighted by molar-refractivity contribution is -0.147. The Bertz CT molecular complexity index is 470. The Labute approximate surface area is 127 Å². The quantitative estimate of drug-likeness (QED) is 0.816. The van der Waals surface area contributed by atoms with E-state index in [0.717, 1.165) is 44.9 Å². The van der Waals surface area contributed by atoms with Crippen molar-refractivity contribution in [3.8, 4) is 0 Å². The molecule has 0 heterocycles. The summed E-state index contributed by atoms with van der Waals surface area (Å²) in [5, 5.41) is 9.60. The highest BCUT2D eigenvalue weighted by atomic mass is 32.2. The predicted molar refractivity (Wildman–Crippen MR) is 81.5 cm³/mol. The van der Waals surface area contributed by atoms with Crippen molar-refractivity contribution in [1.29, 1.82) is 0 Å². The van der Waals surface area contributed by atoms with E-state index in [2.05, 4.69) is 4.72 Å². The minimum atomic E-state index is -3.55. The summed E-state index contributed by atoms with van der Waals surface area (Å²) in [6.07, 6.45) is 8.13. The summed E-state index contributed by atoms with van der Waals surface area (Å²) < 4.78 is 27.5. The number of nitrogens with one attached hydrogen (secondary N) is 1. The molecule has 2 aliphatic rings. The molecule has 0 radical (unpaired) electrons. The van der Waals surface area contributed by atoms with Gasteiger partial charge >= 0.3 is 5.97 Å². The zero-order chi connectivity index (χ0) is 15.5. The highest BCUT2D eigenvalue weighted by Gasteiger charge is 2.48. The predicted octanol–water partition coefficient (Wildman–Crippen LogP) is 2.52. The summed E-state index contributed by atoms with van der Waals surface area (Å²) in [5.41, 5.74) is -1.30. The first-order valence-electron chi connectivity index (χ1n) is 8.11. The van der Waals surface area contributed by atoms with Crippen LogP contribution >= 0.6 is 0 Å². The van der Waals surface area contributed by atoms with Crippen molar-refractivity contribution < 1.29 is 18.3 Å². The van der Waals surface area contributed by atoms with Gasteiger partial charge < -0.3 is 5.11 Å². The minimum Gasteiger partial charge on any atom is -0.480 e. The van der Waals surface area contributed by atoms with E-state index in [9.17, 15) is 18.3 Å². The Balaban J connectivity index is 2.09. The molecule has 2 unspecified atom stereocenters. The van der Waals surface area contributed by atoms with Crippen molar-refractivity contribution in [3.63, 3.8) is 0 Å². The first kappa shape index (κ1) is 16.7. The molecular weight excluding hydrogens is 290 g/mol. The molecular formula is C15H27NO4S. The molecule has 5 nitrogen and oxygen atoms in total. The number of carboxylic acid groups (broad SMARTS) is 1. The molecule has 0 aromatic carbocycles. The van der Waals surface area contributed by atoms with Crippen LogP contribution in [-0.2, 0) is 14.8 Å². The molecule has 0 aromatic heterocycles. The van der Waals surface area contributed by atoms with Gasteiger partial charge in [0.15, 0.2) is 0 Å². The Morgan fingerprint density at radius 1 is 1.14 bits per heavy atom. The molecule has 2 N–H and O–H groups in total. The fourth-order valence-electron chi connectivity index (χ4n) is 3.84. The minimum absolute atomic E-state index is 0.0781. The first-order valence-corrected chi connectivity index (χ1v) is 9.76. The van der Waals surface area contributed by atoms with Gasteiger partial charge in [0.25, 0.3) is 0 Å². The normalized spacial score (nSPS) is 32.0. The van der Waals surface area contributed by atoms with Crippen LogP contribution in [0.5, 0.6) is 0 Å². The number of aliphatic carboxylic acids is 1. The second-order valence-corrected chi connectivity index (χ2v) is 8.58. The van der Waals surface area contributed by atoms with Crippen LogP contribution in [0.1, 0.15) is 64.7 Å². The molecule has 21 heavy (non-hydrogen) atoms. The van der Waals surface area contributed by atoms with Crippen molar-refractivity contribution in [1.82, 2.24) is 4.72 Å². The second kappa shape index (κ2) is 6.65. The highest BCUT2D eigenvalue weighted by Crippen LogP contribution is 2.35. The van der Waals surface area contributed by atoms with E-state index in [0.29, 0.717) is 6.42 Å². The molecule has 2 atom stereocenters. The van der Waals surface area contributed by atoms with Crippen LogP contribution in [0, 0.1) is 11.8 Å². The van der Waals surface area contributed by atoms with Crippen LogP contribution < -0.4 is 4.72 Å². The Morgan fingerprint density at radius 2 is 1.76 bits per heavy atom. The van der Waals surface area contributed by atoms with Gasteiger partial charge in [-0.2, -0.15) is 4.72 Å². The maximum Gasteiger partial charge on any atom is 0.325 e. The molecule has 2 rings (SSSR count). The zero-order valence-corrected chi connectivity index (χ0v) is 13.6. The third-order valence-electron chi connectivity index (χ3n) is 5.20. The van der Waals surface area contributed by atoms with Gasteiger partial charge in [-0.25, -0.2) is 8.42 Å². The number of carboxylic acids is 1. The molecule has 2 saturated carbocycles. The Hall–Kier alpha value is -0.620. The standard InChI is InChI=1S/C15H27NO4S/c1-12-7-5-6-10-15(12,14(17)18)16-21(19,20)11-13-8-3-2-4-9-13/h12-13,16H,2-11H2,1H3,(H,17,18). The van der Waals surface area contributed by atoms with Gasteiger partial charge in [0, 0.05) is 0 Å². The van der Waals surface area contributed by atoms with Crippen molar-refractivity contribution in [3.05, 3.63) is 0 Å². The van der Waals surface area contributed by atoms with Gasteiger partial charge in [-0.05, 0) is 37.5 Å². The molecule has 6 heteroatoms. The third-order valence-corrected chi connectivity index (χ3v) is 6.78. The molecule has 0 spiro atoms. The molecule has 122 valence electrons. The number of sulfonamides is 1. The number of carbonyl (C=O) groups is 1. The van der Waals surface area contributed by atoms with E-state index < -0.39 is 21.5 Å². The molecule has 0 saturated heterocycles. The lowest BCUT2D eigenvalue weighted by Gasteiger charge is -2.39. The zero-order valence-electron chi connectivity index (χ0n) is 12.8. The number of hydrogen-bond donors (Lipinski definition) is 2. The van der Waals surface area contributed by atoms with Crippen LogP contribution in [-0.4, -0.2) is 30.8 Å². The lowest BCUT2D eigenvalue weighted by Crippen LogP contribution is -2.60. The van der Waals surface area contributed by atoms with E-state index in [1.54, 1.807) is 0 Å². The molecule has 0 bridgehead atoms.